The second-order valence-electron chi connectivity index (χ2n) is 4.03. The van der Waals surface area contributed by atoms with Crippen LogP contribution in [-0.2, 0) is 15.7 Å². The van der Waals surface area contributed by atoms with E-state index in [9.17, 15) is 18.0 Å². The number of carbonyl (C=O) groups is 1. The van der Waals surface area contributed by atoms with Crippen LogP contribution in [0.5, 0.6) is 5.75 Å². The standard InChI is InChI=1S/C13H16F3NO3S/c1-19-5-6-20-11-4-3-9(13(14,15)16)7-10(11)17-12(18)8-21-2/h3-4,7H,5-6,8H2,1-2H3,(H,17,18). The highest BCUT2D eigenvalue weighted by molar-refractivity contribution is 7.99. The predicted octanol–water partition coefficient (Wildman–Crippen LogP) is 3.03. The highest BCUT2D eigenvalue weighted by Gasteiger charge is 2.31. The summed E-state index contributed by atoms with van der Waals surface area (Å²) in [6.07, 6.45) is -2.76. The van der Waals surface area contributed by atoms with E-state index in [4.69, 9.17) is 9.47 Å². The molecular weight excluding hydrogens is 307 g/mol. The molecule has 1 N–H and O–H groups in total. The van der Waals surface area contributed by atoms with Gasteiger partial charge in [-0.25, -0.2) is 0 Å². The largest absolute Gasteiger partial charge is 0.489 e. The zero-order chi connectivity index (χ0) is 15.9. The number of anilines is 1. The SMILES string of the molecule is COCCOc1ccc(C(F)(F)F)cc1NC(=O)CSC. The molecule has 0 saturated heterocycles. The smallest absolute Gasteiger partial charge is 0.416 e. The molecule has 0 aliphatic rings. The average molecular weight is 323 g/mol. The molecule has 8 heteroatoms. The lowest BCUT2D eigenvalue weighted by Gasteiger charge is -2.15. The molecule has 0 unspecified atom stereocenters. The molecular formula is C13H16F3NO3S. The van der Waals surface area contributed by atoms with Crippen LogP contribution in [0.4, 0.5) is 18.9 Å². The fourth-order valence-corrected chi connectivity index (χ4v) is 1.82. The van der Waals surface area contributed by atoms with Crippen molar-refractivity contribution >= 4 is 23.4 Å². The number of nitrogens with one attached hydrogen (secondary N) is 1. The Morgan fingerprint density at radius 1 is 1.33 bits per heavy atom. The molecule has 4 nitrogen and oxygen atoms in total. The highest BCUT2D eigenvalue weighted by Crippen LogP contribution is 2.35. The van der Waals surface area contributed by atoms with E-state index in [0.717, 1.165) is 12.1 Å². The fraction of sp³-hybridized carbons (Fsp3) is 0.462. The number of ether oxygens (including phenoxy) is 2. The van der Waals surface area contributed by atoms with Gasteiger partial charge in [0.05, 0.1) is 23.6 Å². The number of methoxy groups -OCH3 is 1. The third-order valence-electron chi connectivity index (χ3n) is 2.40. The summed E-state index contributed by atoms with van der Waals surface area (Å²) >= 11 is 1.27. The summed E-state index contributed by atoms with van der Waals surface area (Å²) in [6.45, 7) is 0.465. The minimum absolute atomic E-state index is 0.0000203. The Morgan fingerprint density at radius 3 is 2.62 bits per heavy atom. The number of amides is 1. The molecule has 1 aromatic carbocycles. The second kappa shape index (κ2) is 8.14. The van der Waals surface area contributed by atoms with E-state index < -0.39 is 17.6 Å². The first-order valence-corrected chi connectivity index (χ1v) is 7.39. The van der Waals surface area contributed by atoms with Crippen LogP contribution in [0.3, 0.4) is 0 Å². The van der Waals surface area contributed by atoms with Crippen molar-refractivity contribution in [2.24, 2.45) is 0 Å². The van der Waals surface area contributed by atoms with Crippen LogP contribution in [0.25, 0.3) is 0 Å². The minimum atomic E-state index is -4.48. The van der Waals surface area contributed by atoms with Gasteiger partial charge in [-0.05, 0) is 24.5 Å². The minimum Gasteiger partial charge on any atom is -0.489 e. The van der Waals surface area contributed by atoms with Gasteiger partial charge >= 0.3 is 6.18 Å². The summed E-state index contributed by atoms with van der Waals surface area (Å²) in [6, 6.07) is 2.96. The molecule has 0 aliphatic heterocycles. The second-order valence-corrected chi connectivity index (χ2v) is 4.90. The molecule has 0 bridgehead atoms. The summed E-state index contributed by atoms with van der Waals surface area (Å²) in [5.41, 5.74) is -0.846. The molecule has 1 amide bonds. The van der Waals surface area contributed by atoms with Gasteiger partial charge in [-0.1, -0.05) is 0 Å². The van der Waals surface area contributed by atoms with Crippen LogP contribution in [-0.4, -0.2) is 38.2 Å². The maximum Gasteiger partial charge on any atom is 0.416 e. The number of thioether (sulfide) groups is 1. The zero-order valence-electron chi connectivity index (χ0n) is 11.6. The van der Waals surface area contributed by atoms with Gasteiger partial charge in [0, 0.05) is 7.11 Å². The van der Waals surface area contributed by atoms with Crippen LogP contribution in [0.15, 0.2) is 18.2 Å². The van der Waals surface area contributed by atoms with Gasteiger partial charge in [-0.2, -0.15) is 24.9 Å². The highest BCUT2D eigenvalue weighted by atomic mass is 32.2. The Balaban J connectivity index is 2.97. The lowest BCUT2D eigenvalue weighted by atomic mass is 10.1. The Labute approximate surface area is 125 Å². The summed E-state index contributed by atoms with van der Waals surface area (Å²) in [4.78, 5) is 11.6. The molecule has 0 aromatic heterocycles. The van der Waals surface area contributed by atoms with Crippen molar-refractivity contribution in [3.8, 4) is 5.75 Å². The van der Waals surface area contributed by atoms with Gasteiger partial charge < -0.3 is 14.8 Å². The molecule has 1 aromatic rings. The Kier molecular flexibility index (Phi) is 6.83. The number of rotatable bonds is 7. The van der Waals surface area contributed by atoms with Crippen molar-refractivity contribution in [2.45, 2.75) is 6.18 Å². The predicted molar refractivity (Wildman–Crippen MR) is 75.8 cm³/mol. The van der Waals surface area contributed by atoms with E-state index in [1.807, 2.05) is 0 Å². The third-order valence-corrected chi connectivity index (χ3v) is 2.95. The van der Waals surface area contributed by atoms with Crippen molar-refractivity contribution < 1.29 is 27.4 Å². The van der Waals surface area contributed by atoms with E-state index in [2.05, 4.69) is 5.32 Å². The van der Waals surface area contributed by atoms with Crippen LogP contribution in [0.2, 0.25) is 0 Å². The van der Waals surface area contributed by atoms with Gasteiger partial charge in [0.25, 0.3) is 0 Å². The Bertz CT molecular complexity index is 480. The molecule has 0 aliphatic carbocycles. The van der Waals surface area contributed by atoms with Gasteiger partial charge in [0.2, 0.25) is 5.91 Å². The van der Waals surface area contributed by atoms with E-state index in [1.165, 1.54) is 24.9 Å². The summed E-state index contributed by atoms with van der Waals surface area (Å²) in [5.74, 6) is -0.0683. The van der Waals surface area contributed by atoms with E-state index in [1.54, 1.807) is 6.26 Å². The molecule has 0 radical (unpaired) electrons. The normalized spacial score (nSPS) is 11.3. The molecule has 0 atom stereocenters. The fourth-order valence-electron chi connectivity index (χ4n) is 1.48. The van der Waals surface area contributed by atoms with Crippen LogP contribution in [0, 0.1) is 0 Å². The van der Waals surface area contributed by atoms with Crippen molar-refractivity contribution in [2.75, 3.05) is 37.6 Å². The topological polar surface area (TPSA) is 47.6 Å². The first kappa shape index (κ1) is 17.6. The number of carbonyl (C=O) groups excluding carboxylic acids is 1. The lowest BCUT2D eigenvalue weighted by molar-refractivity contribution is -0.137. The van der Waals surface area contributed by atoms with Crippen LogP contribution < -0.4 is 10.1 Å². The molecule has 0 saturated carbocycles. The molecule has 21 heavy (non-hydrogen) atoms. The van der Waals surface area contributed by atoms with Crippen LogP contribution >= 0.6 is 11.8 Å². The monoisotopic (exact) mass is 323 g/mol. The first-order chi connectivity index (χ1) is 9.88. The van der Waals surface area contributed by atoms with E-state index in [-0.39, 0.29) is 23.8 Å². The average Bonchev–Trinajstić information content (AvgIpc) is 2.39. The number of hydrogen-bond acceptors (Lipinski definition) is 4. The molecule has 1 rings (SSSR count). The van der Waals surface area contributed by atoms with Crippen molar-refractivity contribution in [1.82, 2.24) is 0 Å². The maximum absolute atomic E-state index is 12.7. The third kappa shape index (κ3) is 5.84. The van der Waals surface area contributed by atoms with E-state index >= 15 is 0 Å². The first-order valence-electron chi connectivity index (χ1n) is 6.00. The zero-order valence-corrected chi connectivity index (χ0v) is 12.4. The van der Waals surface area contributed by atoms with Crippen molar-refractivity contribution in [3.63, 3.8) is 0 Å². The van der Waals surface area contributed by atoms with Crippen molar-refractivity contribution in [1.29, 1.82) is 0 Å². The maximum atomic E-state index is 12.7. The van der Waals surface area contributed by atoms with Gasteiger partial charge in [0.15, 0.2) is 0 Å². The van der Waals surface area contributed by atoms with Gasteiger partial charge in [-0.3, -0.25) is 4.79 Å². The molecule has 0 heterocycles. The van der Waals surface area contributed by atoms with Crippen LogP contribution in [0.1, 0.15) is 5.56 Å². The Morgan fingerprint density at radius 2 is 2.05 bits per heavy atom. The lowest BCUT2D eigenvalue weighted by Crippen LogP contribution is -2.16. The quantitative estimate of drug-likeness (QED) is 0.784. The van der Waals surface area contributed by atoms with Crippen molar-refractivity contribution in [3.05, 3.63) is 23.8 Å². The van der Waals surface area contributed by atoms with Gasteiger partial charge in [0.1, 0.15) is 12.4 Å². The van der Waals surface area contributed by atoms with E-state index in [0.29, 0.717) is 6.61 Å². The molecule has 0 fully saturated rings. The summed E-state index contributed by atoms with van der Waals surface area (Å²) < 4.78 is 48.3. The summed E-state index contributed by atoms with van der Waals surface area (Å²) in [5, 5.41) is 2.43. The number of hydrogen-bond donors (Lipinski definition) is 1. The number of halogens is 3. The molecule has 118 valence electrons. The van der Waals surface area contributed by atoms with Gasteiger partial charge in [-0.15, -0.1) is 0 Å². The number of benzene rings is 1. The Hall–Kier alpha value is -1.41. The number of alkyl halides is 3. The molecule has 0 spiro atoms. The summed E-state index contributed by atoms with van der Waals surface area (Å²) in [7, 11) is 1.48.